The first-order chi connectivity index (χ1) is 65.5. The molecule has 18 amide bonds. The molecule has 55 nitrogen and oxygen atoms in total. The van der Waals surface area contributed by atoms with Crippen LogP contribution in [0.4, 0.5) is 0 Å². The van der Waals surface area contributed by atoms with Crippen LogP contribution in [0.25, 0.3) is 0 Å². The molecule has 56 heteroatoms. The Balaban J connectivity index is 2.64. The van der Waals surface area contributed by atoms with E-state index in [9.17, 15) is 112 Å². The number of carbonyl (C=O) groups excluding carboxylic acids is 18. The zero-order chi connectivity index (χ0) is 105. The number of hydrogen-bond donors (Lipinski definition) is 35. The van der Waals surface area contributed by atoms with Gasteiger partial charge in [0.2, 0.25) is 106 Å². The third kappa shape index (κ3) is 47.0. The fourth-order valence-electron chi connectivity index (χ4n) is 14.1. The number of unbranched alkanes of at least 4 members (excludes halogenated alkanes) is 3. The molecular weight excluding hydrogens is 1850 g/mol. The van der Waals surface area contributed by atoms with Gasteiger partial charge in [0, 0.05) is 44.8 Å². The fraction of sp³-hybridized carbons (Fsp3) is 0.651. The second-order valence-electron chi connectivity index (χ2n) is 33.6. The predicted octanol–water partition coefficient (Wildman–Crippen LogP) is -12.6. The van der Waals surface area contributed by atoms with Crippen LogP contribution in [-0.2, 0) is 102 Å². The van der Waals surface area contributed by atoms with E-state index in [1.54, 1.807) is 30.3 Å². The molecular formula is C83H143N31O24S. The smallest absolute Gasteiger partial charge is 0.327 e. The minimum Gasteiger partial charge on any atom is -0.481 e. The molecule has 1 heterocycles. The highest BCUT2D eigenvalue weighted by Gasteiger charge is 2.44. The zero-order valence-electron chi connectivity index (χ0n) is 78.4. The number of aliphatic hydroxyl groups excluding tert-OH is 2. The fourth-order valence-corrected chi connectivity index (χ4v) is 14.4. The van der Waals surface area contributed by atoms with Gasteiger partial charge in [0.15, 0.2) is 17.9 Å². The van der Waals surface area contributed by atoms with Crippen LogP contribution in [0, 0.1) is 22.1 Å². The summed E-state index contributed by atoms with van der Waals surface area (Å²) in [5.41, 5.74) is 56.8. The van der Waals surface area contributed by atoms with Gasteiger partial charge in [0.25, 0.3) is 0 Å². The van der Waals surface area contributed by atoms with Gasteiger partial charge < -0.3 is 173 Å². The molecule has 18 atom stereocenters. The summed E-state index contributed by atoms with van der Waals surface area (Å²) in [5, 5.41) is 106. The van der Waals surface area contributed by atoms with Gasteiger partial charge in [-0.25, -0.2) is 4.79 Å². The number of amides is 18. The van der Waals surface area contributed by atoms with Gasteiger partial charge >= 0.3 is 11.9 Å². The molecule has 1 aliphatic rings. The number of hydrogen-bond acceptors (Lipinski definition) is 30. The third-order valence-electron chi connectivity index (χ3n) is 21.6. The first kappa shape index (κ1) is 122. The van der Waals surface area contributed by atoms with Crippen molar-refractivity contribution in [3.63, 3.8) is 0 Å². The van der Waals surface area contributed by atoms with E-state index >= 15 is 4.79 Å². The van der Waals surface area contributed by atoms with Gasteiger partial charge in [-0.3, -0.25) is 107 Å². The molecule has 0 aliphatic carbocycles. The number of carboxylic acid groups (broad SMARTS) is 2. The molecule has 0 saturated carbocycles. The van der Waals surface area contributed by atoms with Crippen LogP contribution in [-0.4, -0.2) is 322 Å². The van der Waals surface area contributed by atoms with Crippen LogP contribution in [0.15, 0.2) is 30.3 Å². The van der Waals surface area contributed by atoms with Crippen molar-refractivity contribution in [2.24, 2.45) is 63.3 Å². The second-order valence-corrected chi connectivity index (χ2v) is 34.0. The summed E-state index contributed by atoms with van der Waals surface area (Å²) in [6, 6.07) is -19.1. The zero-order valence-corrected chi connectivity index (χ0v) is 79.3. The Morgan fingerprint density at radius 2 is 0.719 bits per heavy atom. The normalized spacial score (nSPS) is 15.8. The number of rotatable bonds is 69. The summed E-state index contributed by atoms with van der Waals surface area (Å²) in [4.78, 5) is 278. The number of guanidine groups is 3. The number of nitrogens with one attached hydrogen (secondary N) is 20. The minimum atomic E-state index is -2.20. The van der Waals surface area contributed by atoms with E-state index in [0.717, 1.165) is 11.8 Å². The number of thiol groups is 1. The van der Waals surface area contributed by atoms with Gasteiger partial charge in [-0.05, 0) is 154 Å². The van der Waals surface area contributed by atoms with Gasteiger partial charge in [-0.15, -0.1) is 0 Å². The average molecular weight is 1990 g/mol. The van der Waals surface area contributed by atoms with E-state index in [1.807, 2.05) is 0 Å². The van der Waals surface area contributed by atoms with Gasteiger partial charge in [0.05, 0.1) is 37.5 Å². The maximum atomic E-state index is 15.1. The topological polar surface area (TPSA) is 962 Å². The number of nitrogens with zero attached hydrogens (tertiary/aromatic N) is 1. The van der Waals surface area contributed by atoms with Crippen molar-refractivity contribution in [1.82, 2.24) is 95.3 Å². The molecule has 0 aromatic heterocycles. The Labute approximate surface area is 808 Å². The Hall–Kier alpha value is -13.5. The van der Waals surface area contributed by atoms with Crippen molar-refractivity contribution >= 4 is 149 Å². The number of carboxylic acids is 2. The van der Waals surface area contributed by atoms with Crippen LogP contribution in [0.5, 0.6) is 0 Å². The molecule has 2 rings (SSSR count). The molecule has 0 unspecified atom stereocenters. The third-order valence-corrected chi connectivity index (χ3v) is 22.0. The van der Waals surface area contributed by atoms with Crippen molar-refractivity contribution in [2.75, 3.05) is 51.6 Å². The lowest BCUT2D eigenvalue weighted by Gasteiger charge is -2.31. The van der Waals surface area contributed by atoms with Crippen molar-refractivity contribution in [1.29, 1.82) is 16.2 Å². The highest BCUT2D eigenvalue weighted by molar-refractivity contribution is 7.80. The molecule has 1 saturated heterocycles. The van der Waals surface area contributed by atoms with Gasteiger partial charge in [-0.1, -0.05) is 50.6 Å². The number of primary amides is 3. The average Bonchev–Trinajstić information content (AvgIpc) is 1.70. The molecule has 1 aromatic carbocycles. The van der Waals surface area contributed by atoms with E-state index in [0.29, 0.717) is 37.8 Å². The van der Waals surface area contributed by atoms with E-state index < -0.39 is 289 Å². The summed E-state index contributed by atoms with van der Waals surface area (Å²) in [7, 11) is 0. The number of carbonyl (C=O) groups is 20. The molecule has 0 spiro atoms. The molecule has 1 aliphatic heterocycles. The van der Waals surface area contributed by atoms with Crippen LogP contribution >= 0.6 is 12.6 Å². The predicted molar refractivity (Wildman–Crippen MR) is 504 cm³/mol. The van der Waals surface area contributed by atoms with E-state index in [1.165, 1.54) is 20.8 Å². The maximum absolute atomic E-state index is 15.1. The lowest BCUT2D eigenvalue weighted by molar-refractivity contribution is -0.143. The highest BCUT2D eigenvalue weighted by atomic mass is 32.1. The van der Waals surface area contributed by atoms with Crippen LogP contribution < -0.4 is 148 Å². The summed E-state index contributed by atoms with van der Waals surface area (Å²) < 4.78 is 0. The molecule has 139 heavy (non-hydrogen) atoms. The molecule has 780 valence electrons. The second kappa shape index (κ2) is 64.6. The van der Waals surface area contributed by atoms with Crippen LogP contribution in [0.1, 0.15) is 175 Å². The largest absolute Gasteiger partial charge is 0.481 e. The maximum Gasteiger partial charge on any atom is 0.327 e. The molecule has 1 fully saturated rings. The highest BCUT2D eigenvalue weighted by Crippen LogP contribution is 2.22. The lowest BCUT2D eigenvalue weighted by Crippen LogP contribution is -2.62. The first-order valence-electron chi connectivity index (χ1n) is 45.5. The molecule has 44 N–H and O–H groups in total. The van der Waals surface area contributed by atoms with Gasteiger partial charge in [-0.2, -0.15) is 12.6 Å². The van der Waals surface area contributed by atoms with Crippen LogP contribution in [0.3, 0.4) is 0 Å². The first-order valence-corrected chi connectivity index (χ1v) is 46.1. The summed E-state index contributed by atoms with van der Waals surface area (Å²) >= 11 is 4.01. The number of aliphatic carboxylic acids is 2. The van der Waals surface area contributed by atoms with Crippen molar-refractivity contribution in [2.45, 2.75) is 284 Å². The van der Waals surface area contributed by atoms with E-state index in [2.05, 4.69) is 103 Å². The van der Waals surface area contributed by atoms with Gasteiger partial charge in [0.1, 0.15) is 90.6 Å². The van der Waals surface area contributed by atoms with Crippen molar-refractivity contribution in [3.05, 3.63) is 35.9 Å². The number of benzene rings is 1. The summed E-state index contributed by atoms with van der Waals surface area (Å²) in [6.45, 7) is 5.07. The number of nitrogens with two attached hydrogens (primary N) is 10. The quantitative estimate of drug-likeness (QED) is 0.0125. The standard InChI is InChI=1S/C83H143N31O24S/c1-41(2)62(76(133)103-47(22-10-13-31-86)68(125)106-52(36-44-18-6-5-7-19-44)71(128)110-56(40-139)80(137)138)111-74(131)55(39-61(120)121)108-70(127)50(27-28-58(88)117)102-75(132)57-26-17-35-114(57)79(136)51(25-16-34-99-83(95)96)105-67(124)48(23-14-32-97-81(91)92)101-72(129)53(37-59(89)118)109-78(135)64(43(4)116)113-73(130)54(38-60(90)119)107-69(126)49(24-15-33-98-82(93)94)100-66(123)46(21-9-12-30-85)104-77(134)63(42(3)115)112-65(122)45(87)20-8-11-29-84/h5-7,18-19,41-43,45-57,62-64,115-116,139H,8-17,20-40,84-87H2,1-4H3,(H2,88,117)(H2,89,118)(H2,90,119)(H,100,123)(H,101,129)(H,102,132)(H,103,133)(H,104,134)(H,105,124)(H,106,125)(H,107,126)(H,108,127)(H,109,135)(H,110,128)(H,111,131)(H,112,122)(H,113,130)(H,120,121)(H,137,138)(H4,91,92,97)(H4,93,94,98)(H4,95,96,99)/t42-,43-,45+,46+,47+,48+,49+,50+,51+,52+,53+,54+,55+,56+,57+,62+,63+,64+/m1/s1. The molecule has 1 aromatic rings. The Morgan fingerprint density at radius 1 is 0.388 bits per heavy atom. The summed E-state index contributed by atoms with van der Waals surface area (Å²) in [5.74, 6) is -26.5. The van der Waals surface area contributed by atoms with Crippen molar-refractivity contribution < 1.29 is 116 Å². The molecule has 0 bridgehead atoms. The van der Waals surface area contributed by atoms with Crippen molar-refractivity contribution in [3.8, 4) is 0 Å². The number of likely N-dealkylation sites (tertiary alicyclic amines) is 1. The Kier molecular flexibility index (Phi) is 56.5. The monoisotopic (exact) mass is 1990 g/mol. The number of aliphatic hydroxyl groups is 2. The Bertz CT molecular complexity index is 4330. The molecule has 0 radical (unpaired) electrons. The summed E-state index contributed by atoms with van der Waals surface area (Å²) in [6.07, 6.45) is -7.78. The minimum absolute atomic E-state index is 0.0614. The SMILES string of the molecule is CC(C)[C@H](NC(=O)[C@H](CC(=O)O)NC(=O)[C@H](CCC(N)=O)NC(=O)[C@@H]1CCCN1C(=O)[C@H](CCCNC(=N)N)NC(=O)[C@H](CCCNC(=N)N)NC(=O)[C@H](CC(N)=O)NC(=O)[C@@H](NC(=O)[C@H](CC(N)=O)NC(=O)[C@H](CCCNC(=N)N)NC(=O)[C@H](CCCCN)NC(=O)[C@@H](NC(=O)[C@@H](N)CCCCN)[C@@H](C)O)[C@@H](C)O)C(=O)N[C@@H](CCCCN)C(=O)N[C@@H](Cc1ccccc1)C(=O)N[C@@H](CS)C(=O)O. The van der Waals surface area contributed by atoms with Crippen LogP contribution in [0.2, 0.25) is 0 Å². The van der Waals surface area contributed by atoms with E-state index in [-0.39, 0.29) is 128 Å². The lowest BCUT2D eigenvalue weighted by atomic mass is 10.00. The Morgan fingerprint density at radius 3 is 1.11 bits per heavy atom. The van der Waals surface area contributed by atoms with E-state index in [4.69, 9.17) is 73.6 Å².